The van der Waals surface area contributed by atoms with Gasteiger partial charge < -0.3 is 9.66 Å². The van der Waals surface area contributed by atoms with Crippen LogP contribution in [-0.4, -0.2) is 35.7 Å². The van der Waals surface area contributed by atoms with Gasteiger partial charge in [-0.1, -0.05) is 13.8 Å². The van der Waals surface area contributed by atoms with Gasteiger partial charge in [0.15, 0.2) is 0 Å². The van der Waals surface area contributed by atoms with Gasteiger partial charge in [-0.3, -0.25) is 4.79 Å². The molecule has 0 aromatic carbocycles. The van der Waals surface area contributed by atoms with Crippen LogP contribution in [0.15, 0.2) is 0 Å². The molecule has 5 nitrogen and oxygen atoms in total. The van der Waals surface area contributed by atoms with Crippen LogP contribution < -0.4 is 29.6 Å². The van der Waals surface area contributed by atoms with Gasteiger partial charge in [-0.25, -0.2) is 8.42 Å². The molecule has 0 spiro atoms. The Morgan fingerprint density at radius 1 is 1.03 bits per heavy atom. The molecule has 8 atom stereocenters. The van der Waals surface area contributed by atoms with Gasteiger partial charge in [-0.2, -0.15) is 0 Å². The molecular formula is C21H33NaO5S2. The van der Waals surface area contributed by atoms with Crippen molar-refractivity contribution < 1.29 is 52.4 Å². The van der Waals surface area contributed by atoms with Gasteiger partial charge in [-0.15, -0.1) is 0 Å². The van der Waals surface area contributed by atoms with E-state index in [9.17, 15) is 22.9 Å². The summed E-state index contributed by atoms with van der Waals surface area (Å²) in [5.74, 6) is 2.12. The second-order valence-electron chi connectivity index (χ2n) is 10.4. The fraction of sp³-hybridized carbons (Fsp3) is 0.952. The van der Waals surface area contributed by atoms with E-state index in [1.165, 1.54) is 12.8 Å². The van der Waals surface area contributed by atoms with Crippen LogP contribution in [0.5, 0.6) is 0 Å². The molecule has 4 aliphatic rings. The van der Waals surface area contributed by atoms with Crippen LogP contribution in [0.25, 0.3) is 0 Å². The summed E-state index contributed by atoms with van der Waals surface area (Å²) in [7, 11) is -4.17. The average Bonchev–Trinajstić information content (AvgIpc) is 2.97. The molecule has 4 rings (SSSR count). The molecule has 3 unspecified atom stereocenters. The van der Waals surface area contributed by atoms with Gasteiger partial charge in [0.1, 0.15) is 14.9 Å². The number of fused-ring (bicyclic) bond motifs is 5. The molecule has 160 valence electrons. The van der Waals surface area contributed by atoms with Gasteiger partial charge in [0, 0.05) is 5.92 Å². The van der Waals surface area contributed by atoms with Crippen LogP contribution in [0.1, 0.15) is 71.6 Å². The smallest absolute Gasteiger partial charge is 0.739 e. The van der Waals surface area contributed by atoms with Crippen LogP contribution in [0.4, 0.5) is 0 Å². The van der Waals surface area contributed by atoms with E-state index in [2.05, 4.69) is 13.8 Å². The van der Waals surface area contributed by atoms with Crippen LogP contribution >= 0.6 is 10.8 Å². The third-order valence-corrected chi connectivity index (χ3v) is 11.3. The molecule has 0 amide bonds. The maximum atomic E-state index is 12.8. The van der Waals surface area contributed by atoms with E-state index >= 15 is 0 Å². The first kappa shape index (κ1) is 24.5. The van der Waals surface area contributed by atoms with Crippen molar-refractivity contribution >= 4 is 25.7 Å². The topological polar surface area (TPSA) is 94.5 Å². The fourth-order valence-electron chi connectivity index (χ4n) is 8.00. The summed E-state index contributed by atoms with van der Waals surface area (Å²) in [6, 6.07) is 0. The number of aliphatic hydroxyl groups is 1. The zero-order valence-electron chi connectivity index (χ0n) is 17.9. The van der Waals surface area contributed by atoms with Gasteiger partial charge in [0.2, 0.25) is 0 Å². The summed E-state index contributed by atoms with van der Waals surface area (Å²) in [4.78, 5) is 12.8. The fourth-order valence-corrected chi connectivity index (χ4v) is 9.24. The molecule has 4 fully saturated rings. The van der Waals surface area contributed by atoms with Crippen LogP contribution in [0, 0.1) is 40.4 Å². The molecule has 8 heteroatoms. The zero-order valence-corrected chi connectivity index (χ0v) is 21.6. The molecule has 4 aliphatic carbocycles. The molecule has 0 aliphatic heterocycles. The number of carbonyl (C=O) groups is 1. The van der Waals surface area contributed by atoms with Crippen molar-refractivity contribution in [1.29, 1.82) is 0 Å². The molecule has 0 heterocycles. The predicted molar refractivity (Wildman–Crippen MR) is 108 cm³/mol. The third-order valence-electron chi connectivity index (χ3n) is 9.37. The van der Waals surface area contributed by atoms with Crippen molar-refractivity contribution in [3.05, 3.63) is 0 Å². The molecule has 0 aromatic heterocycles. The van der Waals surface area contributed by atoms with Crippen molar-refractivity contribution in [2.75, 3.05) is 5.75 Å². The van der Waals surface area contributed by atoms with E-state index in [-0.39, 0.29) is 69.3 Å². The summed E-state index contributed by atoms with van der Waals surface area (Å²) in [5, 5.41) is 10.1. The van der Waals surface area contributed by atoms with Crippen LogP contribution in [-0.2, 0) is 13.9 Å². The van der Waals surface area contributed by atoms with Crippen LogP contribution in [0.3, 0.4) is 0 Å². The maximum absolute atomic E-state index is 12.8. The number of carbonyl (C=O) groups excluding carboxylic acids is 1. The molecule has 0 radical (unpaired) electrons. The maximum Gasteiger partial charge on any atom is 1.00 e. The number of hydrogen-bond donors (Lipinski definition) is 1. The first-order valence-electron chi connectivity index (χ1n) is 10.9. The van der Waals surface area contributed by atoms with Crippen molar-refractivity contribution in [3.8, 4) is 0 Å². The van der Waals surface area contributed by atoms with Crippen molar-refractivity contribution in [3.63, 3.8) is 0 Å². The van der Waals surface area contributed by atoms with E-state index in [1.54, 1.807) is 0 Å². The molecule has 0 aromatic rings. The van der Waals surface area contributed by atoms with Gasteiger partial charge in [0.25, 0.3) is 0 Å². The molecule has 0 bridgehead atoms. The first-order valence-corrected chi connectivity index (χ1v) is 13.8. The minimum Gasteiger partial charge on any atom is -0.739 e. The standard InChI is InChI=1S/C21H34O5S2.Na/c1-20-9-7-14(22)11-13(20)3-4-15-16-5-6-18(19(23)12-27-28(24,25)26)21(16,2)10-8-17(15)20;/h13-18,22H,3-12H2,1-2H3,(H,24,25,26);/q;+1/p-1/t13-,14-,15?,16?,17?,18-,20+,21+;/m1./s1. The second-order valence-corrected chi connectivity index (χ2v) is 13.7. The van der Waals surface area contributed by atoms with Gasteiger partial charge in [-0.05, 0) is 103 Å². The number of hydrogen-bond acceptors (Lipinski definition) is 6. The number of rotatable bonds is 4. The molecule has 0 saturated heterocycles. The quantitative estimate of drug-likeness (QED) is 0.385. The Hall–Kier alpha value is 0.890. The van der Waals surface area contributed by atoms with E-state index in [0.29, 0.717) is 29.1 Å². The Morgan fingerprint density at radius 3 is 2.38 bits per heavy atom. The Morgan fingerprint density at radius 2 is 1.69 bits per heavy atom. The minimum absolute atomic E-state index is 0. The summed E-state index contributed by atoms with van der Waals surface area (Å²) in [5.41, 5.74) is 0.265. The molecule has 4 saturated carbocycles. The third kappa shape index (κ3) is 4.40. The summed E-state index contributed by atoms with van der Waals surface area (Å²) < 4.78 is 32.8. The predicted octanol–water partition coefficient (Wildman–Crippen LogP) is 0.773. The van der Waals surface area contributed by atoms with Crippen molar-refractivity contribution in [1.82, 2.24) is 0 Å². The monoisotopic (exact) mass is 452 g/mol. The molecular weight excluding hydrogens is 419 g/mol. The van der Waals surface area contributed by atoms with Gasteiger partial charge in [0.05, 0.1) is 11.9 Å². The summed E-state index contributed by atoms with van der Waals surface area (Å²) in [6.45, 7) is 4.70. The molecule has 1 N–H and O–H groups in total. The minimum atomic E-state index is -4.42. The SMILES string of the molecule is C[C@]12CCC3C(CC[C@@H]4C[C@H](O)CC[C@]34C)C1CC[C@@H]2C(=O)CSS(=O)(=O)[O-].[Na+]. The van der Waals surface area contributed by atoms with Crippen LogP contribution in [0.2, 0.25) is 0 Å². The summed E-state index contributed by atoms with van der Waals surface area (Å²) >= 11 is 0. The Bertz CT molecular complexity index is 743. The molecule has 29 heavy (non-hydrogen) atoms. The van der Waals surface area contributed by atoms with Crippen molar-refractivity contribution in [2.45, 2.75) is 77.7 Å². The number of Topliss-reactive ketones (excluding diaryl/α,β-unsaturated/α-hetero) is 1. The van der Waals surface area contributed by atoms with Gasteiger partial charge >= 0.3 is 29.6 Å². The Balaban J connectivity index is 0.00000240. The first-order chi connectivity index (χ1) is 13.0. The van der Waals surface area contributed by atoms with E-state index < -0.39 is 9.15 Å². The summed E-state index contributed by atoms with van der Waals surface area (Å²) in [6.07, 6.45) is 9.27. The van der Waals surface area contributed by atoms with E-state index in [4.69, 9.17) is 0 Å². The second kappa shape index (κ2) is 8.68. The zero-order chi connectivity index (χ0) is 20.3. The largest absolute Gasteiger partial charge is 1.00 e. The number of ketones is 1. The van der Waals surface area contributed by atoms with Crippen molar-refractivity contribution in [2.24, 2.45) is 40.4 Å². The Labute approximate surface area is 201 Å². The average molecular weight is 453 g/mol. The number of aliphatic hydroxyl groups excluding tert-OH is 1. The van der Waals surface area contributed by atoms with E-state index in [1.807, 2.05) is 0 Å². The Kier molecular flexibility index (Phi) is 7.34. The van der Waals surface area contributed by atoms with E-state index in [0.717, 1.165) is 44.9 Å². The normalized spacial score (nSPS) is 46.8.